The van der Waals surface area contributed by atoms with Gasteiger partial charge in [0.05, 0.1) is 12.8 Å². The van der Waals surface area contributed by atoms with E-state index in [1.807, 2.05) is 0 Å². The molecule has 0 bridgehead atoms. The lowest BCUT2D eigenvalue weighted by atomic mass is 10.1. The minimum Gasteiger partial charge on any atom is -0.494 e. The highest BCUT2D eigenvalue weighted by atomic mass is 16.5. The molecule has 1 aliphatic heterocycles. The van der Waals surface area contributed by atoms with Gasteiger partial charge in [-0.1, -0.05) is 13.0 Å². The van der Waals surface area contributed by atoms with Gasteiger partial charge in [0.25, 0.3) is 0 Å². The van der Waals surface area contributed by atoms with Crippen LogP contribution in [-0.4, -0.2) is 51.3 Å². The SMILES string of the molecule is CCc1cc(C)c(OC)c(N2CCN(CCCCN)CC2)c1. The number of hydrogen-bond donors (Lipinski definition) is 1. The van der Waals surface area contributed by atoms with Crippen molar-refractivity contribution in [3.8, 4) is 5.75 Å². The Kier molecular flexibility index (Phi) is 6.52. The molecule has 124 valence electrons. The quantitative estimate of drug-likeness (QED) is 0.786. The third-order valence-corrected chi connectivity index (χ3v) is 4.57. The molecule has 1 aromatic rings. The first-order valence-corrected chi connectivity index (χ1v) is 8.54. The van der Waals surface area contributed by atoms with Crippen molar-refractivity contribution in [1.29, 1.82) is 0 Å². The molecule has 0 aliphatic carbocycles. The number of ether oxygens (including phenoxy) is 1. The second kappa shape index (κ2) is 8.39. The summed E-state index contributed by atoms with van der Waals surface area (Å²) < 4.78 is 5.67. The van der Waals surface area contributed by atoms with Crippen molar-refractivity contribution in [2.45, 2.75) is 33.1 Å². The van der Waals surface area contributed by atoms with Crippen molar-refractivity contribution in [1.82, 2.24) is 4.90 Å². The first-order valence-electron chi connectivity index (χ1n) is 8.54. The van der Waals surface area contributed by atoms with Crippen LogP contribution in [0.4, 0.5) is 5.69 Å². The zero-order valence-corrected chi connectivity index (χ0v) is 14.4. The molecule has 0 amide bonds. The van der Waals surface area contributed by atoms with E-state index in [0.717, 1.165) is 51.3 Å². The van der Waals surface area contributed by atoms with Crippen LogP contribution in [-0.2, 0) is 6.42 Å². The number of aryl methyl sites for hydroxylation is 2. The third kappa shape index (κ3) is 4.14. The van der Waals surface area contributed by atoms with Gasteiger partial charge in [-0.25, -0.2) is 0 Å². The number of nitrogens with zero attached hydrogens (tertiary/aromatic N) is 2. The highest BCUT2D eigenvalue weighted by molar-refractivity contribution is 5.63. The summed E-state index contributed by atoms with van der Waals surface area (Å²) in [5, 5.41) is 0. The zero-order chi connectivity index (χ0) is 15.9. The predicted octanol–water partition coefficient (Wildman–Crippen LogP) is 2.43. The lowest BCUT2D eigenvalue weighted by molar-refractivity contribution is 0.252. The van der Waals surface area contributed by atoms with Crippen LogP contribution in [0.2, 0.25) is 0 Å². The van der Waals surface area contributed by atoms with E-state index in [0.29, 0.717) is 0 Å². The van der Waals surface area contributed by atoms with Gasteiger partial charge in [-0.15, -0.1) is 0 Å². The zero-order valence-electron chi connectivity index (χ0n) is 14.4. The molecule has 1 aliphatic rings. The smallest absolute Gasteiger partial charge is 0.145 e. The average Bonchev–Trinajstić information content (AvgIpc) is 2.55. The summed E-state index contributed by atoms with van der Waals surface area (Å²) in [7, 11) is 1.78. The van der Waals surface area contributed by atoms with Crippen molar-refractivity contribution in [3.05, 3.63) is 23.3 Å². The van der Waals surface area contributed by atoms with E-state index in [2.05, 4.69) is 35.8 Å². The molecule has 0 spiro atoms. The molecule has 0 radical (unpaired) electrons. The molecule has 4 heteroatoms. The summed E-state index contributed by atoms with van der Waals surface area (Å²) in [5.74, 6) is 1.04. The van der Waals surface area contributed by atoms with E-state index in [1.165, 1.54) is 29.8 Å². The summed E-state index contributed by atoms with van der Waals surface area (Å²) >= 11 is 0. The second-order valence-electron chi connectivity index (χ2n) is 6.14. The fourth-order valence-corrected chi connectivity index (χ4v) is 3.23. The number of benzene rings is 1. The molecule has 22 heavy (non-hydrogen) atoms. The van der Waals surface area contributed by atoms with Crippen LogP contribution in [0.3, 0.4) is 0 Å². The van der Waals surface area contributed by atoms with Gasteiger partial charge in [0.1, 0.15) is 5.75 Å². The average molecular weight is 305 g/mol. The van der Waals surface area contributed by atoms with Crippen molar-refractivity contribution < 1.29 is 4.74 Å². The van der Waals surface area contributed by atoms with Crippen molar-refractivity contribution in [3.63, 3.8) is 0 Å². The van der Waals surface area contributed by atoms with Crippen LogP contribution >= 0.6 is 0 Å². The molecule has 2 N–H and O–H groups in total. The van der Waals surface area contributed by atoms with Gasteiger partial charge in [0.15, 0.2) is 0 Å². The molecule has 0 unspecified atom stereocenters. The van der Waals surface area contributed by atoms with Crippen LogP contribution in [0.25, 0.3) is 0 Å². The van der Waals surface area contributed by atoms with Gasteiger partial charge in [0, 0.05) is 26.2 Å². The highest BCUT2D eigenvalue weighted by Crippen LogP contribution is 2.34. The number of piperazine rings is 1. The summed E-state index contributed by atoms with van der Waals surface area (Å²) in [4.78, 5) is 5.03. The Labute approximate surface area is 135 Å². The summed E-state index contributed by atoms with van der Waals surface area (Å²) in [6.45, 7) is 10.7. The molecular formula is C18H31N3O. The molecular weight excluding hydrogens is 274 g/mol. The van der Waals surface area contributed by atoms with E-state index in [9.17, 15) is 0 Å². The van der Waals surface area contributed by atoms with Crippen LogP contribution in [0.15, 0.2) is 12.1 Å². The van der Waals surface area contributed by atoms with Crippen molar-refractivity contribution in [2.24, 2.45) is 5.73 Å². The van der Waals surface area contributed by atoms with E-state index in [4.69, 9.17) is 10.5 Å². The molecule has 1 fully saturated rings. The van der Waals surface area contributed by atoms with Crippen LogP contribution < -0.4 is 15.4 Å². The highest BCUT2D eigenvalue weighted by Gasteiger charge is 2.20. The predicted molar refractivity (Wildman–Crippen MR) is 94.1 cm³/mol. The normalized spacial score (nSPS) is 16.1. The Bertz CT molecular complexity index is 468. The molecule has 1 saturated heterocycles. The Morgan fingerprint density at radius 3 is 2.45 bits per heavy atom. The Morgan fingerprint density at radius 1 is 1.14 bits per heavy atom. The Hall–Kier alpha value is -1.26. The summed E-state index contributed by atoms with van der Waals surface area (Å²) in [6, 6.07) is 4.54. The summed E-state index contributed by atoms with van der Waals surface area (Å²) in [6.07, 6.45) is 3.41. The van der Waals surface area contributed by atoms with E-state index in [1.54, 1.807) is 7.11 Å². The Balaban J connectivity index is 2.02. The molecule has 0 aromatic heterocycles. The number of anilines is 1. The molecule has 0 atom stereocenters. The number of hydrogen-bond acceptors (Lipinski definition) is 4. The molecule has 0 saturated carbocycles. The van der Waals surface area contributed by atoms with Gasteiger partial charge in [0.2, 0.25) is 0 Å². The maximum Gasteiger partial charge on any atom is 0.145 e. The molecule has 1 heterocycles. The lowest BCUT2D eigenvalue weighted by Crippen LogP contribution is -2.46. The number of methoxy groups -OCH3 is 1. The van der Waals surface area contributed by atoms with Gasteiger partial charge in [-0.3, -0.25) is 4.90 Å². The van der Waals surface area contributed by atoms with Gasteiger partial charge < -0.3 is 15.4 Å². The third-order valence-electron chi connectivity index (χ3n) is 4.57. The fourth-order valence-electron chi connectivity index (χ4n) is 3.23. The first-order chi connectivity index (χ1) is 10.7. The van der Waals surface area contributed by atoms with Crippen LogP contribution in [0.5, 0.6) is 5.75 Å². The second-order valence-corrected chi connectivity index (χ2v) is 6.14. The number of rotatable bonds is 7. The monoisotopic (exact) mass is 305 g/mol. The van der Waals surface area contributed by atoms with Crippen LogP contribution in [0, 0.1) is 6.92 Å². The number of nitrogens with two attached hydrogens (primary N) is 1. The first kappa shape index (κ1) is 17.1. The van der Waals surface area contributed by atoms with Crippen molar-refractivity contribution in [2.75, 3.05) is 51.3 Å². The minimum absolute atomic E-state index is 0.806. The summed E-state index contributed by atoms with van der Waals surface area (Å²) in [5.41, 5.74) is 9.47. The largest absolute Gasteiger partial charge is 0.494 e. The Morgan fingerprint density at radius 2 is 1.86 bits per heavy atom. The van der Waals surface area contributed by atoms with Gasteiger partial charge >= 0.3 is 0 Å². The van der Waals surface area contributed by atoms with Gasteiger partial charge in [-0.05, 0) is 56.5 Å². The lowest BCUT2D eigenvalue weighted by Gasteiger charge is -2.37. The maximum absolute atomic E-state index is 5.67. The number of unbranched alkanes of at least 4 members (excludes halogenated alkanes) is 1. The van der Waals surface area contributed by atoms with E-state index < -0.39 is 0 Å². The van der Waals surface area contributed by atoms with Crippen molar-refractivity contribution >= 4 is 5.69 Å². The molecule has 2 rings (SSSR count). The molecule has 1 aromatic carbocycles. The van der Waals surface area contributed by atoms with Gasteiger partial charge in [-0.2, -0.15) is 0 Å². The fraction of sp³-hybridized carbons (Fsp3) is 0.667. The van der Waals surface area contributed by atoms with Crippen LogP contribution in [0.1, 0.15) is 30.9 Å². The van der Waals surface area contributed by atoms with E-state index in [-0.39, 0.29) is 0 Å². The standard InChI is InChI=1S/C18H31N3O/c1-4-16-13-15(2)18(22-3)17(14-16)21-11-9-20(10-12-21)8-6-5-7-19/h13-14H,4-12,19H2,1-3H3. The molecule has 4 nitrogen and oxygen atoms in total. The topological polar surface area (TPSA) is 41.7 Å². The maximum atomic E-state index is 5.67. The van der Waals surface area contributed by atoms with E-state index >= 15 is 0 Å². The minimum atomic E-state index is 0.806.